The topological polar surface area (TPSA) is 73.2 Å². The Kier molecular flexibility index (Phi) is 5.26. The van der Waals surface area contributed by atoms with Crippen molar-refractivity contribution in [3.05, 3.63) is 48.7 Å². The molecule has 0 bridgehead atoms. The van der Waals surface area contributed by atoms with Gasteiger partial charge >= 0.3 is 0 Å². The van der Waals surface area contributed by atoms with E-state index in [0.717, 1.165) is 17.4 Å². The number of sulfonamides is 1. The lowest BCUT2D eigenvalue weighted by atomic mass is 9.89. The number of fused-ring (bicyclic) bond motifs is 1. The van der Waals surface area contributed by atoms with Gasteiger partial charge in [-0.25, -0.2) is 8.42 Å². The van der Waals surface area contributed by atoms with Crippen molar-refractivity contribution in [1.82, 2.24) is 9.78 Å². The van der Waals surface area contributed by atoms with E-state index >= 15 is 0 Å². The molecule has 1 aromatic heterocycles. The summed E-state index contributed by atoms with van der Waals surface area (Å²) in [6, 6.07) is 12.0. The lowest BCUT2D eigenvalue weighted by Gasteiger charge is -2.21. The minimum absolute atomic E-state index is 0.213. The molecule has 0 amide bonds. The molecule has 28 heavy (non-hydrogen) atoms. The molecule has 148 valence electrons. The molecule has 1 heterocycles. The van der Waals surface area contributed by atoms with E-state index in [2.05, 4.69) is 9.82 Å². The number of ether oxygens (including phenoxy) is 1. The second-order valence-corrected chi connectivity index (χ2v) is 9.04. The summed E-state index contributed by atoms with van der Waals surface area (Å²) in [4.78, 5) is 0.213. The van der Waals surface area contributed by atoms with Gasteiger partial charge in [-0.3, -0.25) is 9.40 Å². The number of hydrogen-bond donors (Lipinski definition) is 1. The first-order valence-electron chi connectivity index (χ1n) is 9.68. The van der Waals surface area contributed by atoms with Crippen LogP contribution in [0, 0.1) is 5.92 Å². The van der Waals surface area contributed by atoms with Crippen molar-refractivity contribution in [2.75, 3.05) is 11.8 Å². The molecule has 1 aliphatic rings. The van der Waals surface area contributed by atoms with Crippen LogP contribution in [0.1, 0.15) is 32.1 Å². The van der Waals surface area contributed by atoms with Crippen LogP contribution in [0.5, 0.6) is 5.75 Å². The maximum atomic E-state index is 12.7. The highest BCUT2D eigenvalue weighted by atomic mass is 32.2. The van der Waals surface area contributed by atoms with E-state index in [1.807, 2.05) is 10.7 Å². The normalized spacial score (nSPS) is 15.6. The van der Waals surface area contributed by atoms with Crippen LogP contribution in [0.4, 0.5) is 5.69 Å². The van der Waals surface area contributed by atoms with Crippen molar-refractivity contribution in [2.24, 2.45) is 5.92 Å². The van der Waals surface area contributed by atoms with Crippen LogP contribution in [0.3, 0.4) is 0 Å². The van der Waals surface area contributed by atoms with Gasteiger partial charge in [0.25, 0.3) is 10.0 Å². The molecule has 0 spiro atoms. The minimum Gasteiger partial charge on any atom is -0.494 e. The molecule has 7 heteroatoms. The average molecular weight is 400 g/mol. The molecule has 3 aromatic rings. The van der Waals surface area contributed by atoms with Crippen molar-refractivity contribution in [1.29, 1.82) is 0 Å². The van der Waals surface area contributed by atoms with E-state index in [0.29, 0.717) is 17.4 Å². The number of hydrogen-bond acceptors (Lipinski definition) is 4. The van der Waals surface area contributed by atoms with Gasteiger partial charge in [-0.1, -0.05) is 37.5 Å². The van der Waals surface area contributed by atoms with Crippen molar-refractivity contribution in [2.45, 2.75) is 43.5 Å². The van der Waals surface area contributed by atoms with Crippen molar-refractivity contribution < 1.29 is 13.2 Å². The van der Waals surface area contributed by atoms with E-state index in [9.17, 15) is 8.42 Å². The highest BCUT2D eigenvalue weighted by molar-refractivity contribution is 7.92. The third kappa shape index (κ3) is 3.85. The Morgan fingerprint density at radius 1 is 1.14 bits per heavy atom. The van der Waals surface area contributed by atoms with Crippen LogP contribution in [-0.4, -0.2) is 25.3 Å². The maximum Gasteiger partial charge on any atom is 0.262 e. The fraction of sp³-hybridized carbons (Fsp3) is 0.381. The Labute approximate surface area is 165 Å². The molecule has 1 fully saturated rings. The van der Waals surface area contributed by atoms with Crippen LogP contribution >= 0.6 is 0 Å². The quantitative estimate of drug-likeness (QED) is 0.666. The molecule has 0 atom stereocenters. The lowest BCUT2D eigenvalue weighted by molar-refractivity contribution is 0.312. The van der Waals surface area contributed by atoms with Gasteiger partial charge in [0, 0.05) is 18.0 Å². The SMILES string of the molecule is COc1cc2c(cnn2CC2CCCCC2)cc1NS(=O)(=O)c1ccccc1. The van der Waals surface area contributed by atoms with E-state index < -0.39 is 10.0 Å². The zero-order valence-corrected chi connectivity index (χ0v) is 16.8. The Morgan fingerprint density at radius 3 is 2.61 bits per heavy atom. The van der Waals surface area contributed by atoms with E-state index in [4.69, 9.17) is 4.74 Å². The molecule has 6 nitrogen and oxygen atoms in total. The fourth-order valence-electron chi connectivity index (χ4n) is 3.92. The number of methoxy groups -OCH3 is 1. The number of benzene rings is 2. The average Bonchev–Trinajstić information content (AvgIpc) is 3.10. The smallest absolute Gasteiger partial charge is 0.262 e. The second-order valence-electron chi connectivity index (χ2n) is 7.36. The van der Waals surface area contributed by atoms with Crippen molar-refractivity contribution in [3.63, 3.8) is 0 Å². The largest absolute Gasteiger partial charge is 0.494 e. The van der Waals surface area contributed by atoms with Crippen molar-refractivity contribution in [3.8, 4) is 5.75 Å². The molecule has 1 aliphatic carbocycles. The number of nitrogens with zero attached hydrogens (tertiary/aromatic N) is 2. The maximum absolute atomic E-state index is 12.7. The van der Waals surface area contributed by atoms with Gasteiger partial charge in [0.15, 0.2) is 0 Å². The predicted octanol–water partition coefficient (Wildman–Crippen LogP) is 4.43. The highest BCUT2D eigenvalue weighted by Crippen LogP contribution is 2.33. The predicted molar refractivity (Wildman–Crippen MR) is 110 cm³/mol. The Bertz CT molecular complexity index is 1060. The number of nitrogens with one attached hydrogen (secondary N) is 1. The van der Waals surface area contributed by atoms with E-state index in [1.165, 1.54) is 32.1 Å². The molecule has 0 radical (unpaired) electrons. The van der Waals surface area contributed by atoms with Crippen LogP contribution < -0.4 is 9.46 Å². The Morgan fingerprint density at radius 2 is 1.89 bits per heavy atom. The summed E-state index contributed by atoms with van der Waals surface area (Å²) in [5.41, 5.74) is 1.38. The van der Waals surface area contributed by atoms with Crippen LogP contribution in [-0.2, 0) is 16.6 Å². The summed E-state index contributed by atoms with van der Waals surface area (Å²) in [5, 5.41) is 5.44. The Hall–Kier alpha value is -2.54. The minimum atomic E-state index is -3.69. The summed E-state index contributed by atoms with van der Waals surface area (Å²) >= 11 is 0. The number of rotatable bonds is 6. The van der Waals surface area contributed by atoms with Gasteiger partial charge in [-0.2, -0.15) is 5.10 Å². The summed E-state index contributed by atoms with van der Waals surface area (Å²) in [5.74, 6) is 1.14. The van der Waals surface area contributed by atoms with Gasteiger partial charge in [0.1, 0.15) is 5.75 Å². The highest BCUT2D eigenvalue weighted by Gasteiger charge is 2.19. The van der Waals surface area contributed by atoms with E-state index in [1.54, 1.807) is 49.7 Å². The van der Waals surface area contributed by atoms with Gasteiger partial charge < -0.3 is 4.74 Å². The molecule has 2 aromatic carbocycles. The first kappa shape index (κ1) is 18.8. The second kappa shape index (κ2) is 7.83. The first-order chi connectivity index (χ1) is 13.6. The van der Waals surface area contributed by atoms with Crippen molar-refractivity contribution >= 4 is 26.6 Å². The fourth-order valence-corrected chi connectivity index (χ4v) is 5.00. The van der Waals surface area contributed by atoms with Crippen LogP contribution in [0.2, 0.25) is 0 Å². The third-order valence-electron chi connectivity index (χ3n) is 5.42. The monoisotopic (exact) mass is 399 g/mol. The summed E-state index contributed by atoms with van der Waals surface area (Å²) in [6.07, 6.45) is 8.19. The lowest BCUT2D eigenvalue weighted by Crippen LogP contribution is -2.15. The van der Waals surface area contributed by atoms with Gasteiger partial charge in [-0.15, -0.1) is 0 Å². The summed E-state index contributed by atoms with van der Waals surface area (Å²) in [7, 11) is -2.14. The molecule has 1 saturated carbocycles. The van der Waals surface area contributed by atoms with Crippen LogP contribution in [0.15, 0.2) is 53.6 Å². The molecule has 0 unspecified atom stereocenters. The molecule has 4 rings (SSSR count). The summed E-state index contributed by atoms with van der Waals surface area (Å²) < 4.78 is 35.5. The van der Waals surface area contributed by atoms with Gasteiger partial charge in [0.2, 0.25) is 0 Å². The molecular weight excluding hydrogens is 374 g/mol. The van der Waals surface area contributed by atoms with Gasteiger partial charge in [0.05, 0.1) is 29.4 Å². The first-order valence-corrected chi connectivity index (χ1v) is 11.2. The third-order valence-corrected chi connectivity index (χ3v) is 6.80. The standard InChI is InChI=1S/C21H25N3O3S/c1-27-21-13-20-17(14-22-24(20)15-16-8-4-2-5-9-16)12-19(21)23-28(25,26)18-10-6-3-7-11-18/h3,6-7,10-14,16,23H,2,4-5,8-9,15H2,1H3. The number of anilines is 1. The Balaban J connectivity index is 1.65. The molecule has 1 N–H and O–H groups in total. The van der Waals surface area contributed by atoms with Crippen LogP contribution in [0.25, 0.3) is 10.9 Å². The molecule has 0 saturated heterocycles. The van der Waals surface area contributed by atoms with Gasteiger partial charge in [-0.05, 0) is 37.0 Å². The summed E-state index contributed by atoms with van der Waals surface area (Å²) in [6.45, 7) is 0.891. The zero-order valence-electron chi connectivity index (χ0n) is 16.0. The molecular formula is C21H25N3O3S. The zero-order chi connectivity index (χ0) is 19.6. The number of aromatic nitrogens is 2. The molecule has 0 aliphatic heterocycles. The van der Waals surface area contributed by atoms with E-state index in [-0.39, 0.29) is 4.90 Å².